The summed E-state index contributed by atoms with van der Waals surface area (Å²) in [5.74, 6) is -0.00847. The van der Waals surface area contributed by atoms with E-state index in [0.717, 1.165) is 0 Å². The molecule has 0 aromatic heterocycles. The first-order chi connectivity index (χ1) is 4.31. The number of nitriles is 1. The quantitative estimate of drug-likeness (QED) is 0.441. The summed E-state index contributed by atoms with van der Waals surface area (Å²) in [6.07, 6.45) is 0.391. The van der Waals surface area contributed by atoms with Crippen molar-refractivity contribution in [2.24, 2.45) is 0 Å². The number of halogens is 1. The van der Waals surface area contributed by atoms with Gasteiger partial charge in [0.2, 0.25) is 5.91 Å². The molecule has 0 aliphatic heterocycles. The predicted octanol–water partition coefficient (Wildman–Crippen LogP) is 0.451. The van der Waals surface area contributed by atoms with Crippen molar-refractivity contribution in [3.05, 3.63) is 0 Å². The van der Waals surface area contributed by atoms with Crippen LogP contribution in [0.25, 0.3) is 0 Å². The average Bonchev–Trinajstić information content (AvgIpc) is 1.89. The smallest absolute Gasteiger partial charge is 0.229 e. The van der Waals surface area contributed by atoms with Crippen LogP contribution in [0.15, 0.2) is 0 Å². The molecule has 0 unspecified atom stereocenters. The van der Waals surface area contributed by atoms with E-state index in [1.807, 2.05) is 28.7 Å². The lowest BCUT2D eigenvalue weighted by atomic mass is 10.5. The van der Waals surface area contributed by atoms with Crippen molar-refractivity contribution in [1.82, 2.24) is 5.32 Å². The van der Waals surface area contributed by atoms with Crippen LogP contribution in [-0.4, -0.2) is 16.9 Å². The molecule has 0 spiro atoms. The van der Waals surface area contributed by atoms with Crippen LogP contribution in [-0.2, 0) is 4.79 Å². The molecule has 0 rings (SSSR count). The van der Waals surface area contributed by atoms with E-state index in [9.17, 15) is 4.79 Å². The molecule has 0 aliphatic carbocycles. The summed E-state index contributed by atoms with van der Waals surface area (Å²) < 4.78 is 0.461. The molecule has 0 bridgehead atoms. The van der Waals surface area contributed by atoms with Gasteiger partial charge in [-0.05, 0) is 0 Å². The molecular weight excluding hydrogens is 231 g/mol. The molecule has 0 aromatic carbocycles. The minimum Gasteiger partial charge on any atom is -0.354 e. The third kappa shape index (κ3) is 5.56. The van der Waals surface area contributed by atoms with E-state index in [0.29, 0.717) is 17.4 Å². The van der Waals surface area contributed by atoms with Crippen molar-refractivity contribution >= 4 is 28.5 Å². The summed E-state index contributed by atoms with van der Waals surface area (Å²) >= 11 is 1.97. The largest absolute Gasteiger partial charge is 0.354 e. The van der Waals surface area contributed by atoms with Crippen molar-refractivity contribution < 1.29 is 4.79 Å². The number of carbonyl (C=O) groups excluding carboxylic acids is 1. The lowest BCUT2D eigenvalue weighted by Gasteiger charge is -1.95. The normalized spacial score (nSPS) is 8.00. The molecule has 3 nitrogen and oxygen atoms in total. The standard InChI is InChI=1S/C5H7IN2O/c6-4-5(9)8-3-1-2-7/h1,3-4H2,(H,8,9). The summed E-state index contributed by atoms with van der Waals surface area (Å²) in [5, 5.41) is 10.6. The Kier molecular flexibility index (Phi) is 5.62. The van der Waals surface area contributed by atoms with Crippen LogP contribution in [0.4, 0.5) is 0 Å². The molecular formula is C5H7IN2O. The molecule has 0 heterocycles. The molecule has 0 saturated carbocycles. The van der Waals surface area contributed by atoms with Crippen LogP contribution in [0.2, 0.25) is 0 Å². The van der Waals surface area contributed by atoms with Gasteiger partial charge in [-0.3, -0.25) is 4.79 Å². The van der Waals surface area contributed by atoms with Crippen molar-refractivity contribution in [1.29, 1.82) is 5.26 Å². The molecule has 0 fully saturated rings. The zero-order valence-corrected chi connectivity index (χ0v) is 7.01. The topological polar surface area (TPSA) is 52.9 Å². The van der Waals surface area contributed by atoms with Gasteiger partial charge in [0.05, 0.1) is 16.9 Å². The number of carbonyl (C=O) groups is 1. The molecule has 0 atom stereocenters. The molecule has 1 N–H and O–H groups in total. The molecule has 9 heavy (non-hydrogen) atoms. The first-order valence-corrected chi connectivity index (χ1v) is 4.03. The number of hydrogen-bond acceptors (Lipinski definition) is 2. The van der Waals surface area contributed by atoms with E-state index in [1.54, 1.807) is 0 Å². The van der Waals surface area contributed by atoms with E-state index in [-0.39, 0.29) is 5.91 Å². The lowest BCUT2D eigenvalue weighted by molar-refractivity contribution is -0.118. The van der Waals surface area contributed by atoms with Gasteiger partial charge in [-0.1, -0.05) is 22.6 Å². The summed E-state index contributed by atoms with van der Waals surface area (Å²) in [5.41, 5.74) is 0. The monoisotopic (exact) mass is 238 g/mol. The molecule has 1 amide bonds. The summed E-state index contributed by atoms with van der Waals surface area (Å²) in [6, 6.07) is 1.93. The third-order valence-corrected chi connectivity index (χ3v) is 1.37. The Labute approximate surface area is 67.6 Å². The molecule has 0 aliphatic rings. The molecule has 50 valence electrons. The van der Waals surface area contributed by atoms with Gasteiger partial charge in [-0.25, -0.2) is 0 Å². The number of alkyl halides is 1. The van der Waals surface area contributed by atoms with Crippen molar-refractivity contribution in [2.75, 3.05) is 11.0 Å². The SMILES string of the molecule is N#CCCNC(=O)CI. The fraction of sp³-hybridized carbons (Fsp3) is 0.600. The van der Waals surface area contributed by atoms with Gasteiger partial charge >= 0.3 is 0 Å². The lowest BCUT2D eigenvalue weighted by Crippen LogP contribution is -2.24. The molecule has 0 saturated heterocycles. The Morgan fingerprint density at radius 2 is 2.44 bits per heavy atom. The molecule has 4 heteroatoms. The second-order valence-electron chi connectivity index (χ2n) is 1.39. The van der Waals surface area contributed by atoms with E-state index in [2.05, 4.69) is 5.32 Å². The van der Waals surface area contributed by atoms with E-state index < -0.39 is 0 Å². The zero-order valence-electron chi connectivity index (χ0n) is 4.85. The van der Waals surface area contributed by atoms with Crippen molar-refractivity contribution in [3.63, 3.8) is 0 Å². The van der Waals surface area contributed by atoms with Crippen molar-refractivity contribution in [2.45, 2.75) is 6.42 Å². The molecule has 0 radical (unpaired) electrons. The maximum Gasteiger partial charge on any atom is 0.229 e. The molecule has 0 aromatic rings. The van der Waals surface area contributed by atoms with Crippen LogP contribution < -0.4 is 5.32 Å². The minimum atomic E-state index is -0.00847. The van der Waals surface area contributed by atoms with Gasteiger partial charge in [0, 0.05) is 6.54 Å². The fourth-order valence-electron chi connectivity index (χ4n) is 0.305. The van der Waals surface area contributed by atoms with Crippen LogP contribution in [0.3, 0.4) is 0 Å². The first kappa shape index (κ1) is 8.69. The Morgan fingerprint density at radius 3 is 2.89 bits per heavy atom. The van der Waals surface area contributed by atoms with Gasteiger partial charge in [-0.2, -0.15) is 5.26 Å². The highest BCUT2D eigenvalue weighted by molar-refractivity contribution is 14.1. The van der Waals surface area contributed by atoms with Gasteiger partial charge in [-0.15, -0.1) is 0 Å². The van der Waals surface area contributed by atoms with Gasteiger partial charge in [0.25, 0.3) is 0 Å². The Morgan fingerprint density at radius 1 is 1.78 bits per heavy atom. The van der Waals surface area contributed by atoms with Crippen LogP contribution in [0, 0.1) is 11.3 Å². The fourth-order valence-corrected chi connectivity index (χ4v) is 0.575. The second kappa shape index (κ2) is 5.82. The highest BCUT2D eigenvalue weighted by atomic mass is 127. The number of nitrogens with zero attached hydrogens (tertiary/aromatic N) is 1. The van der Waals surface area contributed by atoms with Crippen LogP contribution >= 0.6 is 22.6 Å². The second-order valence-corrected chi connectivity index (χ2v) is 2.15. The number of rotatable bonds is 3. The average molecular weight is 238 g/mol. The van der Waals surface area contributed by atoms with E-state index in [4.69, 9.17) is 5.26 Å². The number of amides is 1. The van der Waals surface area contributed by atoms with Gasteiger partial charge in [0.1, 0.15) is 0 Å². The number of hydrogen-bond donors (Lipinski definition) is 1. The highest BCUT2D eigenvalue weighted by Crippen LogP contribution is 1.79. The predicted molar refractivity (Wildman–Crippen MR) is 42.1 cm³/mol. The van der Waals surface area contributed by atoms with Crippen molar-refractivity contribution in [3.8, 4) is 6.07 Å². The Bertz CT molecular complexity index is 129. The van der Waals surface area contributed by atoms with Crippen LogP contribution in [0.5, 0.6) is 0 Å². The Hall–Kier alpha value is -0.310. The first-order valence-electron chi connectivity index (χ1n) is 2.51. The Balaban J connectivity index is 3.09. The van der Waals surface area contributed by atoms with Crippen LogP contribution in [0.1, 0.15) is 6.42 Å². The number of nitrogens with one attached hydrogen (secondary N) is 1. The summed E-state index contributed by atoms with van der Waals surface area (Å²) in [6.45, 7) is 0.471. The zero-order chi connectivity index (χ0) is 7.11. The minimum absolute atomic E-state index is 0.00847. The van der Waals surface area contributed by atoms with E-state index in [1.165, 1.54) is 0 Å². The summed E-state index contributed by atoms with van der Waals surface area (Å²) in [4.78, 5) is 10.5. The van der Waals surface area contributed by atoms with Gasteiger partial charge in [0.15, 0.2) is 0 Å². The highest BCUT2D eigenvalue weighted by Gasteiger charge is 1.93. The summed E-state index contributed by atoms with van der Waals surface area (Å²) in [7, 11) is 0. The van der Waals surface area contributed by atoms with Gasteiger partial charge < -0.3 is 5.32 Å². The van der Waals surface area contributed by atoms with E-state index >= 15 is 0 Å². The maximum absolute atomic E-state index is 10.5. The third-order valence-electron chi connectivity index (χ3n) is 0.680. The maximum atomic E-state index is 10.5.